The van der Waals surface area contributed by atoms with Crippen LogP contribution in [-0.2, 0) is 0 Å². The highest BCUT2D eigenvalue weighted by molar-refractivity contribution is 5.79. The Kier molecular flexibility index (Phi) is 6.34. The summed E-state index contributed by atoms with van der Waals surface area (Å²) in [6.45, 7) is 6.62. The fourth-order valence-electron chi connectivity index (χ4n) is 2.42. The molecule has 4 heteroatoms. The summed E-state index contributed by atoms with van der Waals surface area (Å²) < 4.78 is 0. The molecule has 0 radical (unpaired) electrons. The minimum atomic E-state index is 0.438. The molecule has 17 heavy (non-hydrogen) atoms. The number of guanidine groups is 1. The lowest BCUT2D eigenvalue weighted by molar-refractivity contribution is 0.422. The van der Waals surface area contributed by atoms with Crippen molar-refractivity contribution in [2.45, 2.75) is 71.4 Å². The lowest BCUT2D eigenvalue weighted by Gasteiger charge is -2.25. The molecule has 0 aromatic carbocycles. The molecule has 1 aliphatic rings. The summed E-state index contributed by atoms with van der Waals surface area (Å²) in [6, 6.07) is 0.889. The molecule has 4 nitrogen and oxygen atoms in total. The van der Waals surface area contributed by atoms with Crippen molar-refractivity contribution in [3.8, 4) is 0 Å². The molecule has 1 atom stereocenters. The van der Waals surface area contributed by atoms with Crippen molar-refractivity contribution in [2.75, 3.05) is 0 Å². The summed E-state index contributed by atoms with van der Waals surface area (Å²) in [5.74, 6) is 6.90. The maximum Gasteiger partial charge on any atom is 0.206 e. The molecule has 100 valence electrons. The quantitative estimate of drug-likeness (QED) is 0.305. The fraction of sp³-hybridized carbons (Fsp3) is 0.923. The van der Waals surface area contributed by atoms with E-state index in [0.717, 1.165) is 12.4 Å². The minimum Gasteiger partial charge on any atom is -0.352 e. The van der Waals surface area contributed by atoms with Gasteiger partial charge in [0.15, 0.2) is 0 Å². The van der Waals surface area contributed by atoms with Gasteiger partial charge >= 0.3 is 0 Å². The lowest BCUT2D eigenvalue weighted by atomic mass is 9.96. The third kappa shape index (κ3) is 4.94. The van der Waals surface area contributed by atoms with Crippen LogP contribution in [0.25, 0.3) is 0 Å². The van der Waals surface area contributed by atoms with Gasteiger partial charge in [-0.15, -0.1) is 0 Å². The largest absolute Gasteiger partial charge is 0.352 e. The van der Waals surface area contributed by atoms with Crippen molar-refractivity contribution in [3.63, 3.8) is 0 Å². The van der Waals surface area contributed by atoms with Gasteiger partial charge in [0.1, 0.15) is 0 Å². The molecule has 4 N–H and O–H groups in total. The number of hydrogen-bond acceptors (Lipinski definition) is 2. The standard InChI is InChI=1S/C13H28N4/c1-4-12(10(2)3)16-13(17-14)15-11-8-6-5-7-9-11/h10-12H,4-9,14H2,1-3H3,(H2,15,16,17). The van der Waals surface area contributed by atoms with Gasteiger partial charge in [0, 0.05) is 6.04 Å². The van der Waals surface area contributed by atoms with Crippen molar-refractivity contribution in [1.29, 1.82) is 0 Å². The molecule has 0 spiro atoms. The van der Waals surface area contributed by atoms with Crippen LogP contribution < -0.4 is 16.6 Å². The predicted octanol–water partition coefficient (Wildman–Crippen LogP) is 2.16. The van der Waals surface area contributed by atoms with Gasteiger partial charge in [-0.1, -0.05) is 40.0 Å². The molecule has 0 saturated heterocycles. The van der Waals surface area contributed by atoms with Gasteiger partial charge in [-0.05, 0) is 25.2 Å². The number of nitrogens with one attached hydrogen (secondary N) is 2. The summed E-state index contributed by atoms with van der Waals surface area (Å²) in [4.78, 5) is 4.69. The van der Waals surface area contributed by atoms with Crippen LogP contribution in [0.15, 0.2) is 4.99 Å². The van der Waals surface area contributed by atoms with E-state index < -0.39 is 0 Å². The Morgan fingerprint density at radius 2 is 1.94 bits per heavy atom. The molecular weight excluding hydrogens is 212 g/mol. The number of nitrogens with zero attached hydrogens (tertiary/aromatic N) is 1. The van der Waals surface area contributed by atoms with Gasteiger partial charge in [0.2, 0.25) is 5.96 Å². The molecule has 1 unspecified atom stereocenters. The van der Waals surface area contributed by atoms with Crippen LogP contribution in [0.1, 0.15) is 59.3 Å². The van der Waals surface area contributed by atoms with E-state index in [4.69, 9.17) is 10.8 Å². The SMILES string of the molecule is CCC(NC(=NC1CCCCC1)NN)C(C)C. The average Bonchev–Trinajstić information content (AvgIpc) is 2.35. The molecule has 0 aliphatic heterocycles. The summed E-state index contributed by atoms with van der Waals surface area (Å²) in [6.07, 6.45) is 7.44. The zero-order valence-electron chi connectivity index (χ0n) is 11.5. The molecular formula is C13H28N4. The number of hydrogen-bond donors (Lipinski definition) is 3. The van der Waals surface area contributed by atoms with Crippen molar-refractivity contribution in [1.82, 2.24) is 10.7 Å². The van der Waals surface area contributed by atoms with Gasteiger partial charge in [0.05, 0.1) is 6.04 Å². The second-order valence-electron chi connectivity index (χ2n) is 5.32. The average molecular weight is 240 g/mol. The van der Waals surface area contributed by atoms with Crippen LogP contribution in [0.3, 0.4) is 0 Å². The Bertz CT molecular complexity index is 232. The van der Waals surface area contributed by atoms with Crippen molar-refractivity contribution >= 4 is 5.96 Å². The van der Waals surface area contributed by atoms with Crippen LogP contribution in [0.4, 0.5) is 0 Å². The summed E-state index contributed by atoms with van der Waals surface area (Å²) in [5.41, 5.74) is 2.71. The van der Waals surface area contributed by atoms with Crippen LogP contribution >= 0.6 is 0 Å². The zero-order valence-corrected chi connectivity index (χ0v) is 11.5. The van der Waals surface area contributed by atoms with E-state index in [0.29, 0.717) is 18.0 Å². The van der Waals surface area contributed by atoms with Crippen LogP contribution in [0.2, 0.25) is 0 Å². The van der Waals surface area contributed by atoms with Gasteiger partial charge in [-0.25, -0.2) is 10.8 Å². The highest BCUT2D eigenvalue weighted by Gasteiger charge is 2.16. The molecule has 1 saturated carbocycles. The Hall–Kier alpha value is -0.770. The topological polar surface area (TPSA) is 62.4 Å². The van der Waals surface area contributed by atoms with Gasteiger partial charge in [-0.2, -0.15) is 0 Å². The number of rotatable bonds is 4. The molecule has 1 fully saturated rings. The minimum absolute atomic E-state index is 0.438. The number of nitrogens with two attached hydrogens (primary N) is 1. The third-order valence-corrected chi connectivity index (χ3v) is 3.59. The van der Waals surface area contributed by atoms with E-state index in [1.165, 1.54) is 32.1 Å². The molecule has 0 aromatic heterocycles. The van der Waals surface area contributed by atoms with Crippen LogP contribution in [0, 0.1) is 5.92 Å². The van der Waals surface area contributed by atoms with E-state index in [1.54, 1.807) is 0 Å². The molecule has 0 amide bonds. The van der Waals surface area contributed by atoms with Crippen LogP contribution in [-0.4, -0.2) is 18.0 Å². The lowest BCUT2D eigenvalue weighted by Crippen LogP contribution is -2.48. The maximum absolute atomic E-state index is 5.55. The first-order valence-electron chi connectivity index (χ1n) is 6.98. The Balaban J connectivity index is 2.53. The molecule has 0 aromatic rings. The normalized spacial score (nSPS) is 20.4. The second kappa shape index (κ2) is 7.54. The predicted molar refractivity (Wildman–Crippen MR) is 73.7 cm³/mol. The van der Waals surface area contributed by atoms with Gasteiger partial charge in [0.25, 0.3) is 0 Å². The fourth-order valence-corrected chi connectivity index (χ4v) is 2.42. The van der Waals surface area contributed by atoms with Crippen molar-refractivity contribution in [2.24, 2.45) is 16.8 Å². The van der Waals surface area contributed by atoms with Crippen molar-refractivity contribution in [3.05, 3.63) is 0 Å². The first-order chi connectivity index (χ1) is 8.17. The first kappa shape index (κ1) is 14.3. The molecule has 0 heterocycles. The molecule has 1 rings (SSSR count). The van der Waals surface area contributed by atoms with E-state index in [9.17, 15) is 0 Å². The van der Waals surface area contributed by atoms with Crippen LogP contribution in [0.5, 0.6) is 0 Å². The van der Waals surface area contributed by atoms with E-state index in [2.05, 4.69) is 31.5 Å². The Morgan fingerprint density at radius 3 is 2.41 bits per heavy atom. The summed E-state index contributed by atoms with van der Waals surface area (Å²) in [7, 11) is 0. The maximum atomic E-state index is 5.55. The smallest absolute Gasteiger partial charge is 0.206 e. The van der Waals surface area contributed by atoms with E-state index in [1.807, 2.05) is 0 Å². The monoisotopic (exact) mass is 240 g/mol. The van der Waals surface area contributed by atoms with Gasteiger partial charge < -0.3 is 5.32 Å². The van der Waals surface area contributed by atoms with E-state index in [-0.39, 0.29) is 0 Å². The first-order valence-corrected chi connectivity index (χ1v) is 6.98. The second-order valence-corrected chi connectivity index (χ2v) is 5.32. The van der Waals surface area contributed by atoms with E-state index >= 15 is 0 Å². The highest BCUT2D eigenvalue weighted by Crippen LogP contribution is 2.20. The highest BCUT2D eigenvalue weighted by atomic mass is 15.3. The molecule has 0 bridgehead atoms. The Morgan fingerprint density at radius 1 is 1.29 bits per heavy atom. The van der Waals surface area contributed by atoms with Gasteiger partial charge in [-0.3, -0.25) is 5.43 Å². The Labute approximate surface area is 105 Å². The summed E-state index contributed by atoms with van der Waals surface area (Å²) in [5, 5.41) is 3.41. The molecule has 1 aliphatic carbocycles. The number of hydrazine groups is 1. The third-order valence-electron chi connectivity index (χ3n) is 3.59. The summed E-state index contributed by atoms with van der Waals surface area (Å²) >= 11 is 0. The zero-order chi connectivity index (χ0) is 12.7. The number of aliphatic imine (C=N–C) groups is 1. The van der Waals surface area contributed by atoms with Crippen molar-refractivity contribution < 1.29 is 0 Å².